The van der Waals surface area contributed by atoms with Gasteiger partial charge in [0.2, 0.25) is 0 Å². The zero-order valence-corrected chi connectivity index (χ0v) is 10.7. The van der Waals surface area contributed by atoms with Gasteiger partial charge in [-0.15, -0.1) is 0 Å². The second kappa shape index (κ2) is 5.80. The number of carbonyl (C=O) groups is 1. The number of carboxylic acid groups (broad SMARTS) is 1. The van der Waals surface area contributed by atoms with Crippen molar-refractivity contribution >= 4 is 11.7 Å². The summed E-state index contributed by atoms with van der Waals surface area (Å²) in [5, 5.41) is 8.70. The molecule has 18 heavy (non-hydrogen) atoms. The number of benzene rings is 1. The lowest BCUT2D eigenvalue weighted by atomic mass is 10.1. The highest BCUT2D eigenvalue weighted by Gasteiger charge is 2.22. The molecule has 1 aromatic rings. The van der Waals surface area contributed by atoms with Crippen LogP contribution in [0.5, 0.6) is 0 Å². The topological polar surface area (TPSA) is 40.5 Å². The molecule has 0 fully saturated rings. The first-order chi connectivity index (χ1) is 8.43. The van der Waals surface area contributed by atoms with Crippen LogP contribution in [-0.4, -0.2) is 24.2 Å². The summed E-state index contributed by atoms with van der Waals surface area (Å²) in [4.78, 5) is 12.3. The highest BCUT2D eigenvalue weighted by molar-refractivity contribution is 5.88. The molecule has 5 heteroatoms. The molecule has 0 aliphatic carbocycles. The Hall–Kier alpha value is -1.65. The molecule has 0 amide bonds. The van der Waals surface area contributed by atoms with E-state index in [2.05, 4.69) is 0 Å². The molecule has 0 radical (unpaired) electrons. The second-order valence-corrected chi connectivity index (χ2v) is 4.15. The fourth-order valence-corrected chi connectivity index (χ4v) is 2.01. The first-order valence-electron chi connectivity index (χ1n) is 5.88. The Kier molecular flexibility index (Phi) is 4.64. The molecule has 0 unspecified atom stereocenters. The first kappa shape index (κ1) is 14.4. The zero-order valence-electron chi connectivity index (χ0n) is 10.7. The van der Waals surface area contributed by atoms with E-state index in [0.29, 0.717) is 0 Å². The highest BCUT2D eigenvalue weighted by atomic mass is 19.2. The Bertz CT molecular complexity index is 445. The molecule has 0 aliphatic heterocycles. The Morgan fingerprint density at radius 3 is 2.28 bits per heavy atom. The van der Waals surface area contributed by atoms with Crippen molar-refractivity contribution < 1.29 is 18.7 Å². The van der Waals surface area contributed by atoms with E-state index >= 15 is 0 Å². The van der Waals surface area contributed by atoms with Gasteiger partial charge in [0.15, 0.2) is 11.6 Å². The van der Waals surface area contributed by atoms with Crippen LogP contribution in [-0.2, 0) is 0 Å². The highest BCUT2D eigenvalue weighted by Crippen LogP contribution is 2.26. The normalized spacial score (nSPS) is 10.8. The maximum atomic E-state index is 13.8. The van der Waals surface area contributed by atoms with Gasteiger partial charge in [0.1, 0.15) is 0 Å². The molecule has 0 heterocycles. The van der Waals surface area contributed by atoms with E-state index < -0.39 is 23.2 Å². The van der Waals surface area contributed by atoms with Crippen molar-refractivity contribution in [3.8, 4) is 0 Å². The predicted molar refractivity (Wildman–Crippen MR) is 66.1 cm³/mol. The van der Waals surface area contributed by atoms with Crippen LogP contribution in [0, 0.1) is 11.6 Å². The number of rotatable bonds is 5. The SMILES string of the molecule is CCC(CC)N(C)c1ccc(C(=O)O)c(F)c1F. The zero-order chi connectivity index (χ0) is 13.9. The molecule has 0 spiro atoms. The van der Waals surface area contributed by atoms with Crippen molar-refractivity contribution in [1.29, 1.82) is 0 Å². The fourth-order valence-electron chi connectivity index (χ4n) is 2.01. The van der Waals surface area contributed by atoms with E-state index in [1.165, 1.54) is 6.07 Å². The van der Waals surface area contributed by atoms with Gasteiger partial charge in [-0.2, -0.15) is 0 Å². The number of nitrogens with zero attached hydrogens (tertiary/aromatic N) is 1. The molecule has 0 atom stereocenters. The van der Waals surface area contributed by atoms with E-state index in [1.807, 2.05) is 13.8 Å². The lowest BCUT2D eigenvalue weighted by molar-refractivity contribution is 0.0690. The van der Waals surface area contributed by atoms with Crippen molar-refractivity contribution in [1.82, 2.24) is 0 Å². The molecule has 0 aliphatic rings. The first-order valence-corrected chi connectivity index (χ1v) is 5.88. The third-order valence-electron chi connectivity index (χ3n) is 3.16. The van der Waals surface area contributed by atoms with Crippen molar-refractivity contribution in [2.24, 2.45) is 0 Å². The van der Waals surface area contributed by atoms with Crippen LogP contribution in [0.4, 0.5) is 14.5 Å². The third-order valence-corrected chi connectivity index (χ3v) is 3.16. The molecule has 0 saturated carbocycles. The van der Waals surface area contributed by atoms with Gasteiger partial charge in [-0.1, -0.05) is 13.8 Å². The molecular formula is C13H17F2NO2. The lowest BCUT2D eigenvalue weighted by Crippen LogP contribution is -2.31. The number of hydrogen-bond acceptors (Lipinski definition) is 2. The summed E-state index contributed by atoms with van der Waals surface area (Å²) < 4.78 is 27.4. The third kappa shape index (κ3) is 2.60. The van der Waals surface area contributed by atoms with Crippen LogP contribution in [0.3, 0.4) is 0 Å². The Balaban J connectivity index is 3.20. The van der Waals surface area contributed by atoms with Gasteiger partial charge in [-0.25, -0.2) is 13.6 Å². The van der Waals surface area contributed by atoms with Crippen LogP contribution in [0.25, 0.3) is 0 Å². The lowest BCUT2D eigenvalue weighted by Gasteiger charge is -2.28. The van der Waals surface area contributed by atoms with Crippen molar-refractivity contribution in [2.45, 2.75) is 32.7 Å². The summed E-state index contributed by atoms with van der Waals surface area (Å²) in [6, 6.07) is 2.49. The summed E-state index contributed by atoms with van der Waals surface area (Å²) >= 11 is 0. The number of halogens is 2. The van der Waals surface area contributed by atoms with Gasteiger partial charge < -0.3 is 10.0 Å². The average Bonchev–Trinajstić information content (AvgIpc) is 2.33. The number of hydrogen-bond donors (Lipinski definition) is 1. The minimum atomic E-state index is -1.47. The average molecular weight is 257 g/mol. The Morgan fingerprint density at radius 1 is 1.28 bits per heavy atom. The van der Waals surface area contributed by atoms with E-state index in [1.54, 1.807) is 11.9 Å². The van der Waals surface area contributed by atoms with Crippen molar-refractivity contribution in [2.75, 3.05) is 11.9 Å². The van der Waals surface area contributed by atoms with Crippen molar-refractivity contribution in [3.63, 3.8) is 0 Å². The predicted octanol–water partition coefficient (Wildman–Crippen LogP) is 3.29. The summed E-state index contributed by atoms with van der Waals surface area (Å²) in [6.07, 6.45) is 1.60. The van der Waals surface area contributed by atoms with Gasteiger partial charge in [-0.05, 0) is 25.0 Å². The molecule has 0 bridgehead atoms. The molecule has 1 rings (SSSR count). The second-order valence-electron chi connectivity index (χ2n) is 4.15. The summed E-state index contributed by atoms with van der Waals surface area (Å²) in [7, 11) is 1.68. The molecule has 3 nitrogen and oxygen atoms in total. The van der Waals surface area contributed by atoms with E-state index in [4.69, 9.17) is 5.11 Å². The van der Waals surface area contributed by atoms with Gasteiger partial charge in [0, 0.05) is 13.1 Å². The monoisotopic (exact) mass is 257 g/mol. The van der Waals surface area contributed by atoms with Crippen LogP contribution in [0.2, 0.25) is 0 Å². The molecule has 100 valence electrons. The van der Waals surface area contributed by atoms with E-state index in [-0.39, 0.29) is 11.7 Å². The smallest absolute Gasteiger partial charge is 0.338 e. The maximum Gasteiger partial charge on any atom is 0.338 e. The minimum absolute atomic E-state index is 0.0891. The molecule has 0 aromatic heterocycles. The van der Waals surface area contributed by atoms with E-state index in [9.17, 15) is 13.6 Å². The number of carboxylic acids is 1. The molecule has 0 saturated heterocycles. The van der Waals surface area contributed by atoms with Gasteiger partial charge in [0.25, 0.3) is 0 Å². The largest absolute Gasteiger partial charge is 0.478 e. The fraction of sp³-hybridized carbons (Fsp3) is 0.462. The molecular weight excluding hydrogens is 240 g/mol. The van der Waals surface area contributed by atoms with Crippen LogP contribution < -0.4 is 4.90 Å². The number of aromatic carboxylic acids is 1. The van der Waals surface area contributed by atoms with Gasteiger partial charge in [-0.3, -0.25) is 0 Å². The maximum absolute atomic E-state index is 13.8. The van der Waals surface area contributed by atoms with Gasteiger partial charge >= 0.3 is 5.97 Å². The summed E-state index contributed by atoms with van der Waals surface area (Å²) in [5.74, 6) is -3.88. The van der Waals surface area contributed by atoms with Crippen LogP contribution in [0.15, 0.2) is 12.1 Å². The Labute approximate surface area is 105 Å². The standard InChI is InChI=1S/C13H17F2NO2/c1-4-8(5-2)16(3)10-7-6-9(13(17)18)11(14)12(10)15/h6-8H,4-5H2,1-3H3,(H,17,18). The minimum Gasteiger partial charge on any atom is -0.478 e. The molecule has 1 N–H and O–H groups in total. The Morgan fingerprint density at radius 2 is 1.83 bits per heavy atom. The summed E-state index contributed by atoms with van der Waals surface area (Å²) in [5.41, 5.74) is -0.555. The van der Waals surface area contributed by atoms with Gasteiger partial charge in [0.05, 0.1) is 11.3 Å². The summed E-state index contributed by atoms with van der Waals surface area (Å²) in [6.45, 7) is 3.93. The number of anilines is 1. The quantitative estimate of drug-likeness (QED) is 0.880. The van der Waals surface area contributed by atoms with Crippen LogP contribution >= 0.6 is 0 Å². The van der Waals surface area contributed by atoms with Crippen molar-refractivity contribution in [3.05, 3.63) is 29.3 Å². The van der Waals surface area contributed by atoms with E-state index in [0.717, 1.165) is 18.9 Å². The molecule has 1 aromatic carbocycles. The van der Waals surface area contributed by atoms with Crippen LogP contribution in [0.1, 0.15) is 37.0 Å².